The molecule has 0 saturated heterocycles. The summed E-state index contributed by atoms with van der Waals surface area (Å²) in [6.07, 6.45) is 1.61. The summed E-state index contributed by atoms with van der Waals surface area (Å²) >= 11 is 0. The molecule has 1 amide bonds. The summed E-state index contributed by atoms with van der Waals surface area (Å²) in [6, 6.07) is -0.0946. The largest absolute Gasteiger partial charge is 0.444 e. The lowest BCUT2D eigenvalue weighted by Gasteiger charge is -2.23. The van der Waals surface area contributed by atoms with Crippen LogP contribution in [0.4, 0.5) is 4.79 Å². The zero-order chi connectivity index (χ0) is 12.8. The molecule has 0 fully saturated rings. The fraction of sp³-hybridized carbons (Fsp3) is 0.750. The molecular weight excluding hydrogens is 206 g/mol. The Labute approximate surface area is 97.7 Å². The van der Waals surface area contributed by atoms with Crippen molar-refractivity contribution in [2.45, 2.75) is 58.3 Å². The Bertz CT molecular complexity index is 233. The Morgan fingerprint density at radius 2 is 2.12 bits per heavy atom. The van der Waals surface area contributed by atoms with Crippen LogP contribution >= 0.6 is 0 Å². The summed E-state index contributed by atoms with van der Waals surface area (Å²) in [5, 5.41) is 12.1. The number of hydrogen-bond acceptors (Lipinski definition) is 3. The maximum Gasteiger partial charge on any atom is 0.407 e. The molecule has 0 aliphatic carbocycles. The highest BCUT2D eigenvalue weighted by Crippen LogP contribution is 2.09. The minimum Gasteiger partial charge on any atom is -0.444 e. The molecule has 0 radical (unpaired) electrons. The highest BCUT2D eigenvalue weighted by atomic mass is 16.6. The standard InChI is InChI=1S/C12H23NO3/c1-6-9(8-10(14)7-2)13-11(15)16-12(3,4)5/h7,9-10,14H,2,6,8H2,1,3-5H3,(H,13,15)/t9-,10+/m1/s1. The molecule has 0 heterocycles. The van der Waals surface area contributed by atoms with Crippen molar-refractivity contribution in [3.05, 3.63) is 12.7 Å². The Kier molecular flexibility index (Phi) is 6.11. The molecule has 2 N–H and O–H groups in total. The molecule has 0 aromatic carbocycles. The molecule has 16 heavy (non-hydrogen) atoms. The van der Waals surface area contributed by atoms with E-state index in [0.717, 1.165) is 6.42 Å². The third kappa shape index (κ3) is 7.29. The summed E-state index contributed by atoms with van der Waals surface area (Å²) in [6.45, 7) is 10.9. The van der Waals surface area contributed by atoms with Crippen molar-refractivity contribution in [1.29, 1.82) is 0 Å². The number of aliphatic hydroxyl groups is 1. The molecule has 0 aliphatic rings. The van der Waals surface area contributed by atoms with Gasteiger partial charge in [-0.1, -0.05) is 13.0 Å². The maximum atomic E-state index is 11.5. The van der Waals surface area contributed by atoms with E-state index < -0.39 is 17.8 Å². The van der Waals surface area contributed by atoms with Crippen molar-refractivity contribution < 1.29 is 14.6 Å². The first-order valence-corrected chi connectivity index (χ1v) is 5.58. The van der Waals surface area contributed by atoms with Crippen LogP contribution < -0.4 is 5.32 Å². The molecule has 2 atom stereocenters. The van der Waals surface area contributed by atoms with Crippen molar-refractivity contribution in [1.82, 2.24) is 5.32 Å². The van der Waals surface area contributed by atoms with E-state index in [4.69, 9.17) is 4.74 Å². The molecule has 0 saturated carbocycles. The number of nitrogens with one attached hydrogen (secondary N) is 1. The van der Waals surface area contributed by atoms with Crippen molar-refractivity contribution in [2.75, 3.05) is 0 Å². The SMILES string of the molecule is C=C[C@H](O)C[C@@H](CC)NC(=O)OC(C)(C)C. The smallest absolute Gasteiger partial charge is 0.407 e. The first kappa shape index (κ1) is 15.0. The van der Waals surface area contributed by atoms with Crippen LogP contribution in [0.15, 0.2) is 12.7 Å². The van der Waals surface area contributed by atoms with Crippen LogP contribution in [0.25, 0.3) is 0 Å². The highest BCUT2D eigenvalue weighted by molar-refractivity contribution is 5.68. The third-order valence-electron chi connectivity index (χ3n) is 2.01. The zero-order valence-corrected chi connectivity index (χ0v) is 10.6. The summed E-state index contributed by atoms with van der Waals surface area (Å²) < 4.78 is 5.13. The third-order valence-corrected chi connectivity index (χ3v) is 2.01. The monoisotopic (exact) mass is 229 g/mol. The fourth-order valence-electron chi connectivity index (χ4n) is 1.19. The first-order valence-electron chi connectivity index (χ1n) is 5.58. The van der Waals surface area contributed by atoms with Crippen LogP contribution in [-0.2, 0) is 4.74 Å². The van der Waals surface area contributed by atoms with E-state index in [1.807, 2.05) is 27.7 Å². The normalized spacial score (nSPS) is 15.1. The molecule has 0 rings (SSSR count). The molecule has 94 valence electrons. The van der Waals surface area contributed by atoms with E-state index in [0.29, 0.717) is 6.42 Å². The van der Waals surface area contributed by atoms with Gasteiger partial charge in [-0.15, -0.1) is 6.58 Å². The summed E-state index contributed by atoms with van der Waals surface area (Å²) in [5.41, 5.74) is -0.501. The Morgan fingerprint density at radius 3 is 2.50 bits per heavy atom. The van der Waals surface area contributed by atoms with E-state index in [-0.39, 0.29) is 6.04 Å². The van der Waals surface area contributed by atoms with Gasteiger partial charge in [-0.3, -0.25) is 0 Å². The van der Waals surface area contributed by atoms with Crippen LogP contribution in [0.5, 0.6) is 0 Å². The fourth-order valence-corrected chi connectivity index (χ4v) is 1.19. The lowest BCUT2D eigenvalue weighted by atomic mass is 10.1. The summed E-state index contributed by atoms with van der Waals surface area (Å²) in [4.78, 5) is 11.5. The Hall–Kier alpha value is -1.03. The van der Waals surface area contributed by atoms with Gasteiger partial charge in [0.2, 0.25) is 0 Å². The second-order valence-corrected chi connectivity index (χ2v) is 4.79. The number of carbonyl (C=O) groups excluding carboxylic acids is 1. The quantitative estimate of drug-likeness (QED) is 0.711. The summed E-state index contributed by atoms with van der Waals surface area (Å²) in [5.74, 6) is 0. The van der Waals surface area contributed by atoms with E-state index >= 15 is 0 Å². The van der Waals surface area contributed by atoms with Crippen LogP contribution in [-0.4, -0.2) is 28.9 Å². The predicted octanol–water partition coefficient (Wildman–Crippen LogP) is 2.23. The molecule has 0 bridgehead atoms. The molecule has 0 aromatic heterocycles. The van der Waals surface area contributed by atoms with Crippen LogP contribution in [0.3, 0.4) is 0 Å². The number of carbonyl (C=O) groups is 1. The second kappa shape index (κ2) is 6.53. The predicted molar refractivity (Wildman–Crippen MR) is 64.3 cm³/mol. The minimum atomic E-state index is -0.597. The average molecular weight is 229 g/mol. The van der Waals surface area contributed by atoms with Gasteiger partial charge in [0, 0.05) is 6.04 Å². The van der Waals surface area contributed by atoms with Gasteiger partial charge >= 0.3 is 6.09 Å². The molecule has 0 aliphatic heterocycles. The molecule has 0 spiro atoms. The van der Waals surface area contributed by atoms with Gasteiger partial charge < -0.3 is 15.2 Å². The topological polar surface area (TPSA) is 58.6 Å². The van der Waals surface area contributed by atoms with Crippen LogP contribution in [0, 0.1) is 0 Å². The van der Waals surface area contributed by atoms with Gasteiger partial charge in [0.25, 0.3) is 0 Å². The second-order valence-electron chi connectivity index (χ2n) is 4.79. The molecular formula is C12H23NO3. The number of amides is 1. The minimum absolute atomic E-state index is 0.0946. The van der Waals surface area contributed by atoms with Crippen molar-refractivity contribution in [3.8, 4) is 0 Å². The molecule has 0 aromatic rings. The Morgan fingerprint density at radius 1 is 1.56 bits per heavy atom. The molecule has 0 unspecified atom stereocenters. The maximum absolute atomic E-state index is 11.5. The number of ether oxygens (including phenoxy) is 1. The lowest BCUT2D eigenvalue weighted by molar-refractivity contribution is 0.0489. The van der Waals surface area contributed by atoms with Gasteiger partial charge in [0.15, 0.2) is 0 Å². The van der Waals surface area contributed by atoms with Gasteiger partial charge in [0.05, 0.1) is 6.10 Å². The van der Waals surface area contributed by atoms with Gasteiger partial charge in [0.1, 0.15) is 5.60 Å². The van der Waals surface area contributed by atoms with Crippen molar-refractivity contribution in [2.24, 2.45) is 0 Å². The number of aliphatic hydroxyl groups excluding tert-OH is 1. The zero-order valence-electron chi connectivity index (χ0n) is 10.6. The lowest BCUT2D eigenvalue weighted by Crippen LogP contribution is -2.40. The average Bonchev–Trinajstić information content (AvgIpc) is 2.13. The van der Waals surface area contributed by atoms with E-state index in [1.54, 1.807) is 0 Å². The van der Waals surface area contributed by atoms with Crippen LogP contribution in [0.2, 0.25) is 0 Å². The summed E-state index contributed by atoms with van der Waals surface area (Å²) in [7, 11) is 0. The Balaban J connectivity index is 4.12. The van der Waals surface area contributed by atoms with E-state index in [1.165, 1.54) is 6.08 Å². The molecule has 4 nitrogen and oxygen atoms in total. The van der Waals surface area contributed by atoms with Crippen LogP contribution in [0.1, 0.15) is 40.5 Å². The van der Waals surface area contributed by atoms with Crippen molar-refractivity contribution >= 4 is 6.09 Å². The number of rotatable bonds is 5. The number of alkyl carbamates (subject to hydrolysis) is 1. The van der Waals surface area contributed by atoms with Gasteiger partial charge in [-0.05, 0) is 33.6 Å². The first-order chi connectivity index (χ1) is 7.28. The van der Waals surface area contributed by atoms with Gasteiger partial charge in [-0.25, -0.2) is 4.79 Å². The van der Waals surface area contributed by atoms with E-state index in [9.17, 15) is 9.90 Å². The van der Waals surface area contributed by atoms with E-state index in [2.05, 4.69) is 11.9 Å². The number of hydrogen-bond donors (Lipinski definition) is 2. The highest BCUT2D eigenvalue weighted by Gasteiger charge is 2.19. The van der Waals surface area contributed by atoms with Crippen molar-refractivity contribution in [3.63, 3.8) is 0 Å². The molecule has 4 heteroatoms. The van der Waals surface area contributed by atoms with Gasteiger partial charge in [-0.2, -0.15) is 0 Å².